The predicted molar refractivity (Wildman–Crippen MR) is 185 cm³/mol. The SMILES string of the molecule is C#Cc1ccc(Oc2ccc(C(C)(C)c3ccc(C(C)(C)c4ccc(Oc5ccc(C#C)c(C#N)c5)cc4)cc3)cc2)cc1C#C. The summed E-state index contributed by atoms with van der Waals surface area (Å²) in [6.07, 6.45) is 16.6. The normalized spacial score (nSPS) is 11.0. The lowest BCUT2D eigenvalue weighted by atomic mass is 9.74. The number of benzene rings is 5. The van der Waals surface area contributed by atoms with Crippen molar-refractivity contribution >= 4 is 0 Å². The second kappa shape index (κ2) is 12.8. The minimum atomic E-state index is -0.236. The Hall–Kier alpha value is -6.13. The van der Waals surface area contributed by atoms with Gasteiger partial charge in [-0.1, -0.05) is 94.0 Å². The molecule has 0 N–H and O–H groups in total. The average Bonchev–Trinajstić information content (AvgIpc) is 3.08. The highest BCUT2D eigenvalue weighted by Gasteiger charge is 2.26. The van der Waals surface area contributed by atoms with Crippen molar-refractivity contribution in [1.29, 1.82) is 5.26 Å². The highest BCUT2D eigenvalue weighted by molar-refractivity contribution is 5.53. The van der Waals surface area contributed by atoms with Gasteiger partial charge in [-0.25, -0.2) is 0 Å². The molecule has 3 heteroatoms. The van der Waals surface area contributed by atoms with Crippen molar-refractivity contribution in [3.8, 4) is 66.1 Å². The van der Waals surface area contributed by atoms with Crippen LogP contribution in [0.25, 0.3) is 0 Å². The van der Waals surface area contributed by atoms with Crippen molar-refractivity contribution in [3.05, 3.63) is 154 Å². The Morgan fingerprint density at radius 1 is 0.435 bits per heavy atom. The van der Waals surface area contributed by atoms with E-state index < -0.39 is 0 Å². The molecule has 0 radical (unpaired) electrons. The third-order valence-electron chi connectivity index (χ3n) is 8.52. The minimum absolute atomic E-state index is 0.227. The molecule has 0 fully saturated rings. The summed E-state index contributed by atoms with van der Waals surface area (Å²) in [6.45, 7) is 8.87. The van der Waals surface area contributed by atoms with Crippen molar-refractivity contribution in [3.63, 3.8) is 0 Å². The van der Waals surface area contributed by atoms with Crippen LogP contribution in [0.1, 0.15) is 72.2 Å². The van der Waals surface area contributed by atoms with Crippen molar-refractivity contribution in [2.24, 2.45) is 0 Å². The Balaban J connectivity index is 1.28. The summed E-state index contributed by atoms with van der Waals surface area (Å²) in [6, 6.07) is 37.7. The number of hydrogen-bond acceptors (Lipinski definition) is 3. The van der Waals surface area contributed by atoms with Gasteiger partial charge in [0.25, 0.3) is 0 Å². The van der Waals surface area contributed by atoms with E-state index in [9.17, 15) is 5.26 Å². The van der Waals surface area contributed by atoms with Gasteiger partial charge in [-0.15, -0.1) is 19.3 Å². The molecule has 0 saturated carbocycles. The topological polar surface area (TPSA) is 42.2 Å². The van der Waals surface area contributed by atoms with E-state index >= 15 is 0 Å². The molecule has 0 spiro atoms. The number of rotatable bonds is 8. The van der Waals surface area contributed by atoms with E-state index in [4.69, 9.17) is 28.7 Å². The van der Waals surface area contributed by atoms with Gasteiger partial charge in [0.1, 0.15) is 29.1 Å². The third-order valence-corrected chi connectivity index (χ3v) is 8.52. The van der Waals surface area contributed by atoms with Gasteiger partial charge in [0.15, 0.2) is 0 Å². The molecule has 0 unspecified atom stereocenters. The molecule has 0 aromatic heterocycles. The van der Waals surface area contributed by atoms with Crippen LogP contribution in [0.3, 0.4) is 0 Å². The van der Waals surface area contributed by atoms with Gasteiger partial charge in [0.2, 0.25) is 0 Å². The van der Waals surface area contributed by atoms with Crippen LogP contribution in [0, 0.1) is 48.4 Å². The van der Waals surface area contributed by atoms with Gasteiger partial charge >= 0.3 is 0 Å². The maximum atomic E-state index is 9.36. The fourth-order valence-corrected chi connectivity index (χ4v) is 5.43. The van der Waals surface area contributed by atoms with E-state index in [0.29, 0.717) is 39.5 Å². The van der Waals surface area contributed by atoms with Crippen molar-refractivity contribution in [1.82, 2.24) is 0 Å². The fourth-order valence-electron chi connectivity index (χ4n) is 5.43. The zero-order valence-corrected chi connectivity index (χ0v) is 26.4. The van der Waals surface area contributed by atoms with Crippen LogP contribution in [0.5, 0.6) is 23.0 Å². The summed E-state index contributed by atoms with van der Waals surface area (Å²) in [5.41, 5.74) is 6.55. The lowest BCUT2D eigenvalue weighted by molar-refractivity contribution is 0.481. The number of terminal acetylenes is 3. The summed E-state index contributed by atoms with van der Waals surface area (Å²) in [5, 5.41) is 9.36. The molecule has 0 heterocycles. The van der Waals surface area contributed by atoms with Crippen molar-refractivity contribution < 1.29 is 9.47 Å². The first-order valence-corrected chi connectivity index (χ1v) is 14.8. The molecule has 0 amide bonds. The highest BCUT2D eigenvalue weighted by atomic mass is 16.5. The van der Waals surface area contributed by atoms with Crippen LogP contribution in [0.2, 0.25) is 0 Å². The molecule has 0 saturated heterocycles. The van der Waals surface area contributed by atoms with E-state index in [1.165, 1.54) is 16.7 Å². The number of nitrogens with zero attached hydrogens (tertiary/aromatic N) is 1. The van der Waals surface area contributed by atoms with Crippen LogP contribution < -0.4 is 9.47 Å². The van der Waals surface area contributed by atoms with Crippen LogP contribution >= 0.6 is 0 Å². The molecule has 46 heavy (non-hydrogen) atoms. The monoisotopic (exact) mass is 595 g/mol. The van der Waals surface area contributed by atoms with Crippen molar-refractivity contribution in [2.75, 3.05) is 0 Å². The maximum Gasteiger partial charge on any atom is 0.128 e. The first-order chi connectivity index (χ1) is 22.1. The molecular weight excluding hydrogens is 562 g/mol. The molecule has 5 rings (SSSR count). The van der Waals surface area contributed by atoms with Crippen molar-refractivity contribution in [2.45, 2.75) is 38.5 Å². The maximum absolute atomic E-state index is 9.36. The van der Waals surface area contributed by atoms with E-state index in [1.54, 1.807) is 30.3 Å². The molecule has 5 aromatic carbocycles. The summed E-state index contributed by atoms with van der Waals surface area (Å²) in [5.74, 6) is 10.4. The first-order valence-electron chi connectivity index (χ1n) is 14.8. The molecule has 0 atom stereocenters. The molecule has 0 aliphatic carbocycles. The average molecular weight is 596 g/mol. The standard InChI is InChI=1S/C43H33NO2/c1-8-30-11-21-40(27-32(30)10-3)45-38-23-17-36(18-24-38)42(4,5)34-13-15-35(16-14-34)43(6,7)37-19-25-39(26-20-37)46-41-22-12-31(9-2)33(28-41)29-44/h1-3,11-28H,4-7H3. The predicted octanol–water partition coefficient (Wildman–Crippen LogP) is 9.74. The summed E-state index contributed by atoms with van der Waals surface area (Å²) < 4.78 is 12.1. The number of nitriles is 1. The lowest BCUT2D eigenvalue weighted by Crippen LogP contribution is -2.21. The third kappa shape index (κ3) is 6.37. The first kappa shape index (κ1) is 31.3. The minimum Gasteiger partial charge on any atom is -0.457 e. The van der Waals surface area contributed by atoms with Crippen LogP contribution in [-0.4, -0.2) is 0 Å². The van der Waals surface area contributed by atoms with Gasteiger partial charge in [0, 0.05) is 27.5 Å². The van der Waals surface area contributed by atoms with Gasteiger partial charge in [-0.05, 0) is 82.9 Å². The quantitative estimate of drug-likeness (QED) is 0.168. The fraction of sp³-hybridized carbons (Fsp3) is 0.140. The summed E-state index contributed by atoms with van der Waals surface area (Å²) >= 11 is 0. The molecule has 5 aromatic rings. The van der Waals surface area contributed by atoms with Gasteiger partial charge < -0.3 is 9.47 Å². The van der Waals surface area contributed by atoms with Gasteiger partial charge in [-0.2, -0.15) is 5.26 Å². The molecule has 0 aliphatic rings. The summed E-state index contributed by atoms with van der Waals surface area (Å²) in [7, 11) is 0. The van der Waals surface area contributed by atoms with Crippen LogP contribution in [-0.2, 0) is 10.8 Å². The van der Waals surface area contributed by atoms with Crippen LogP contribution in [0.15, 0.2) is 109 Å². The lowest BCUT2D eigenvalue weighted by Gasteiger charge is -2.29. The molecule has 0 bridgehead atoms. The Kier molecular flexibility index (Phi) is 8.74. The summed E-state index contributed by atoms with van der Waals surface area (Å²) in [4.78, 5) is 0. The van der Waals surface area contributed by atoms with E-state index in [1.807, 2.05) is 30.3 Å². The smallest absolute Gasteiger partial charge is 0.128 e. The van der Waals surface area contributed by atoms with E-state index in [-0.39, 0.29) is 10.8 Å². The molecule has 3 nitrogen and oxygen atoms in total. The second-order valence-electron chi connectivity index (χ2n) is 12.0. The zero-order chi connectivity index (χ0) is 32.9. The Morgan fingerprint density at radius 2 is 0.739 bits per heavy atom. The van der Waals surface area contributed by atoms with E-state index in [0.717, 1.165) is 11.3 Å². The van der Waals surface area contributed by atoms with Gasteiger partial charge in [-0.3, -0.25) is 0 Å². The Morgan fingerprint density at radius 3 is 1.09 bits per heavy atom. The highest BCUT2D eigenvalue weighted by Crippen LogP contribution is 2.37. The zero-order valence-electron chi connectivity index (χ0n) is 26.4. The molecule has 222 valence electrons. The molecular formula is C43H33NO2. The molecule has 0 aliphatic heterocycles. The Labute approximate surface area is 272 Å². The van der Waals surface area contributed by atoms with E-state index in [2.05, 4.69) is 100 Å². The van der Waals surface area contributed by atoms with Gasteiger partial charge in [0.05, 0.1) is 5.56 Å². The largest absolute Gasteiger partial charge is 0.457 e. The number of hydrogen-bond donors (Lipinski definition) is 0. The Bertz CT molecular complexity index is 1900. The second-order valence-corrected chi connectivity index (χ2v) is 12.0. The van der Waals surface area contributed by atoms with Crippen LogP contribution in [0.4, 0.5) is 0 Å². The number of ether oxygens (including phenoxy) is 2.